The summed E-state index contributed by atoms with van der Waals surface area (Å²) in [4.78, 5) is 32.8. The van der Waals surface area contributed by atoms with Crippen molar-refractivity contribution in [3.63, 3.8) is 0 Å². The Morgan fingerprint density at radius 1 is 0.919 bits per heavy atom. The van der Waals surface area contributed by atoms with Crippen LogP contribution in [-0.2, 0) is 21.2 Å². The normalized spacial score (nSPS) is 16.4. The van der Waals surface area contributed by atoms with Crippen molar-refractivity contribution in [2.24, 2.45) is 5.92 Å². The van der Waals surface area contributed by atoms with E-state index >= 15 is 8.78 Å². The number of rotatable bonds is 7. The van der Waals surface area contributed by atoms with Gasteiger partial charge in [0.15, 0.2) is 5.78 Å². The van der Waals surface area contributed by atoms with Gasteiger partial charge in [0, 0.05) is 28.5 Å². The van der Waals surface area contributed by atoms with Gasteiger partial charge in [-0.2, -0.15) is 0 Å². The molecule has 1 unspecified atom stereocenters. The van der Waals surface area contributed by atoms with Gasteiger partial charge >= 0.3 is 7.60 Å². The van der Waals surface area contributed by atoms with Crippen LogP contribution < -0.4 is 0 Å². The quantitative estimate of drug-likeness (QED) is 0.215. The van der Waals surface area contributed by atoms with Gasteiger partial charge in [-0.25, -0.2) is 8.78 Å². The van der Waals surface area contributed by atoms with Gasteiger partial charge in [-0.3, -0.25) is 9.36 Å². The van der Waals surface area contributed by atoms with Gasteiger partial charge in [0.2, 0.25) is 0 Å². The molecule has 0 spiro atoms. The molecule has 196 valence electrons. The molecule has 0 bridgehead atoms. The fourth-order valence-corrected chi connectivity index (χ4v) is 6.39. The minimum atomic E-state index is -5.51. The molecule has 1 saturated carbocycles. The lowest BCUT2D eigenvalue weighted by molar-refractivity contribution is -0.132. The fourth-order valence-electron chi connectivity index (χ4n) is 4.80. The lowest BCUT2D eigenvalue weighted by Crippen LogP contribution is -2.37. The van der Waals surface area contributed by atoms with Crippen LogP contribution in [0.2, 0.25) is 15.1 Å². The molecule has 3 aromatic rings. The summed E-state index contributed by atoms with van der Waals surface area (Å²) in [7, 11) is -5.51. The van der Waals surface area contributed by atoms with Gasteiger partial charge in [0.1, 0.15) is 5.82 Å². The number of halogens is 5. The third-order valence-corrected chi connectivity index (χ3v) is 9.19. The molecule has 0 heterocycles. The van der Waals surface area contributed by atoms with Crippen LogP contribution in [0.25, 0.3) is 11.1 Å². The Morgan fingerprint density at radius 3 is 2.16 bits per heavy atom. The van der Waals surface area contributed by atoms with E-state index in [1.807, 2.05) is 0 Å². The van der Waals surface area contributed by atoms with Crippen molar-refractivity contribution in [2.75, 3.05) is 0 Å². The Bertz CT molecular complexity index is 1370. The Hall–Kier alpha value is -1.79. The van der Waals surface area contributed by atoms with Gasteiger partial charge in [-0.05, 0) is 41.7 Å². The average molecular weight is 588 g/mol. The average Bonchev–Trinajstić information content (AvgIpc) is 2.87. The lowest BCUT2D eigenvalue weighted by atomic mass is 9.83. The molecule has 2 N–H and O–H groups in total. The van der Waals surface area contributed by atoms with Crippen molar-refractivity contribution in [1.29, 1.82) is 0 Å². The minimum absolute atomic E-state index is 0.134. The first-order valence-corrected chi connectivity index (χ1v) is 14.5. The predicted octanol–water partition coefficient (Wildman–Crippen LogP) is 8.49. The van der Waals surface area contributed by atoms with Crippen molar-refractivity contribution in [2.45, 2.75) is 43.9 Å². The highest BCUT2D eigenvalue weighted by atomic mass is 35.5. The number of benzene rings is 3. The molecule has 1 aliphatic carbocycles. The molecule has 37 heavy (non-hydrogen) atoms. The first-order valence-electron chi connectivity index (χ1n) is 11.7. The zero-order chi connectivity index (χ0) is 27.0. The zero-order valence-electron chi connectivity index (χ0n) is 19.6. The molecule has 1 fully saturated rings. The summed E-state index contributed by atoms with van der Waals surface area (Å²) in [5.41, 5.74) is 0.997. The molecule has 0 radical (unpaired) electrons. The smallest absolute Gasteiger partial charge is 0.322 e. The van der Waals surface area contributed by atoms with Gasteiger partial charge in [-0.15, -0.1) is 0 Å². The standard InChI is InChI=1S/C27H24Cl3F2O4P/c28-22-15-24(30)23(29)14-19(22)13-18-7-4-8-21(25(18)31)16-9-11-20(12-10-16)27(32,37(34,35)36)26(33)17-5-2-1-3-6-17/h4,7-12,14-15,17H,1-3,5-6,13H2,(H2,34,35,36). The number of carbonyl (C=O) groups excluding carboxylic acids is 1. The van der Waals surface area contributed by atoms with Crippen LogP contribution in [0, 0.1) is 11.7 Å². The first kappa shape index (κ1) is 28.2. The van der Waals surface area contributed by atoms with Crippen molar-refractivity contribution in [3.8, 4) is 11.1 Å². The van der Waals surface area contributed by atoms with Crippen LogP contribution in [0.1, 0.15) is 48.8 Å². The summed E-state index contributed by atoms with van der Waals surface area (Å²) in [6.45, 7) is 0. The molecule has 10 heteroatoms. The maximum atomic E-state index is 16.0. The van der Waals surface area contributed by atoms with Crippen molar-refractivity contribution in [3.05, 3.63) is 92.2 Å². The molecular formula is C27H24Cl3F2O4P. The van der Waals surface area contributed by atoms with E-state index in [1.54, 1.807) is 18.2 Å². The molecule has 0 aliphatic heterocycles. The minimum Gasteiger partial charge on any atom is -0.322 e. The van der Waals surface area contributed by atoms with E-state index < -0.39 is 36.1 Å². The molecule has 4 nitrogen and oxygen atoms in total. The van der Waals surface area contributed by atoms with Crippen molar-refractivity contribution in [1.82, 2.24) is 0 Å². The molecule has 0 amide bonds. The van der Waals surface area contributed by atoms with Gasteiger partial charge < -0.3 is 9.79 Å². The van der Waals surface area contributed by atoms with Crippen LogP contribution in [0.3, 0.4) is 0 Å². The van der Waals surface area contributed by atoms with E-state index in [4.69, 9.17) is 34.8 Å². The van der Waals surface area contributed by atoms with E-state index in [2.05, 4.69) is 0 Å². The van der Waals surface area contributed by atoms with Crippen LogP contribution in [0.15, 0.2) is 54.6 Å². The number of ketones is 1. The van der Waals surface area contributed by atoms with Crippen LogP contribution in [0.5, 0.6) is 0 Å². The fraction of sp³-hybridized carbons (Fsp3) is 0.296. The van der Waals surface area contributed by atoms with Gasteiger partial charge in [-0.1, -0.05) is 96.5 Å². The first-order chi connectivity index (χ1) is 17.4. The molecule has 0 saturated heterocycles. The SMILES string of the molecule is O=C(C1CCCCC1)C(F)(c1ccc(-c2cccc(Cc3cc(Cl)c(Cl)cc3Cl)c2F)cc1)P(=O)(O)O. The van der Waals surface area contributed by atoms with Crippen LogP contribution in [-0.4, -0.2) is 15.6 Å². The third kappa shape index (κ3) is 5.66. The topological polar surface area (TPSA) is 74.6 Å². The number of carbonyl (C=O) groups is 1. The Kier molecular flexibility index (Phi) is 8.49. The molecule has 4 rings (SSSR count). The summed E-state index contributed by atoms with van der Waals surface area (Å²) < 4.78 is 43.8. The molecule has 0 aromatic heterocycles. The lowest BCUT2D eigenvalue weighted by Gasteiger charge is -2.31. The maximum absolute atomic E-state index is 16.0. The molecule has 1 atom stereocenters. The van der Waals surface area contributed by atoms with E-state index in [0.717, 1.165) is 18.6 Å². The van der Waals surface area contributed by atoms with Crippen LogP contribution in [0.4, 0.5) is 8.78 Å². The zero-order valence-corrected chi connectivity index (χ0v) is 22.7. The van der Waals surface area contributed by atoms with Crippen molar-refractivity contribution >= 4 is 48.2 Å². The second-order valence-electron chi connectivity index (χ2n) is 9.26. The third-order valence-electron chi connectivity index (χ3n) is 6.83. The summed E-state index contributed by atoms with van der Waals surface area (Å²) in [6.07, 6.45) is 3.23. The molecule has 3 aromatic carbocycles. The molecule has 1 aliphatic rings. The van der Waals surface area contributed by atoms with E-state index in [1.165, 1.54) is 24.3 Å². The number of alkyl halides is 1. The second kappa shape index (κ2) is 11.1. The van der Waals surface area contributed by atoms with Gasteiger partial charge in [0.05, 0.1) is 10.0 Å². The monoisotopic (exact) mass is 586 g/mol. The summed E-state index contributed by atoms with van der Waals surface area (Å²) in [6, 6.07) is 12.8. The summed E-state index contributed by atoms with van der Waals surface area (Å²) >= 11 is 18.3. The second-order valence-corrected chi connectivity index (χ2v) is 12.2. The van der Waals surface area contributed by atoms with Gasteiger partial charge in [0.25, 0.3) is 5.41 Å². The van der Waals surface area contributed by atoms with Crippen molar-refractivity contribution < 1.29 is 27.9 Å². The Labute approximate surface area is 228 Å². The number of Topliss-reactive ketones (excluding diaryl/α,β-unsaturated/α-hetero) is 1. The molecular weight excluding hydrogens is 564 g/mol. The van der Waals surface area contributed by atoms with E-state index in [0.29, 0.717) is 47.4 Å². The largest absolute Gasteiger partial charge is 0.374 e. The number of hydrogen-bond donors (Lipinski definition) is 2. The Morgan fingerprint density at radius 2 is 1.54 bits per heavy atom. The summed E-state index contributed by atoms with van der Waals surface area (Å²) in [5.74, 6) is -2.40. The van der Waals surface area contributed by atoms with E-state index in [9.17, 15) is 19.1 Å². The van der Waals surface area contributed by atoms with E-state index in [-0.39, 0.29) is 22.0 Å². The Balaban J connectivity index is 1.67. The predicted molar refractivity (Wildman–Crippen MR) is 143 cm³/mol. The highest BCUT2D eigenvalue weighted by Crippen LogP contribution is 2.60. The maximum Gasteiger partial charge on any atom is 0.374 e. The van der Waals surface area contributed by atoms with Crippen LogP contribution >= 0.6 is 42.4 Å². The number of hydrogen-bond acceptors (Lipinski definition) is 2. The summed E-state index contributed by atoms with van der Waals surface area (Å²) in [5, 5.41) is -2.55. The highest BCUT2D eigenvalue weighted by Gasteiger charge is 2.57. The highest BCUT2D eigenvalue weighted by molar-refractivity contribution is 7.54.